The summed E-state index contributed by atoms with van der Waals surface area (Å²) in [5.41, 5.74) is -0.142. The van der Waals surface area contributed by atoms with Crippen LogP contribution in [0.25, 0.3) is 0 Å². The van der Waals surface area contributed by atoms with E-state index in [2.05, 4.69) is 13.2 Å². The molecule has 0 aliphatic carbocycles. The molecule has 0 atom stereocenters. The first kappa shape index (κ1) is 37.9. The van der Waals surface area contributed by atoms with Gasteiger partial charge in [0.25, 0.3) is 0 Å². The van der Waals surface area contributed by atoms with Crippen LogP contribution in [0, 0.1) is 17.5 Å². The van der Waals surface area contributed by atoms with Crippen LogP contribution in [-0.2, 0) is 19.1 Å². The minimum Gasteiger partial charge on any atom is -0.494 e. The lowest BCUT2D eigenvalue weighted by Gasteiger charge is -2.12. The van der Waals surface area contributed by atoms with Gasteiger partial charge in [-0.05, 0) is 87.1 Å². The third kappa shape index (κ3) is 12.5. The lowest BCUT2D eigenvalue weighted by molar-refractivity contribution is -0.138. The third-order valence-electron chi connectivity index (χ3n) is 6.60. The minimum absolute atomic E-state index is 0.0499. The van der Waals surface area contributed by atoms with Crippen molar-refractivity contribution in [2.24, 2.45) is 0 Å². The van der Waals surface area contributed by atoms with Gasteiger partial charge in [-0.25, -0.2) is 23.6 Å². The van der Waals surface area contributed by atoms with Crippen molar-refractivity contribution in [1.82, 2.24) is 0 Å². The number of hydrogen-bond donors (Lipinski definition) is 0. The van der Waals surface area contributed by atoms with Crippen molar-refractivity contribution in [3.8, 4) is 23.0 Å². The normalized spacial score (nSPS) is 10.4. The standard InChI is InChI=1S/C36H35F3O10/c1-3-30(40)46-21-9-5-7-19-44-26-15-11-24(12-16-26)35(42)48-29-23-28(37)34(33(39)32(29)38)49-36(43)25-13-17-27(18-14-25)45-20-8-6-10-22-47-31(41)4-2/h3-4,11-18,23H,1-2,5-10,19-22H2. The summed E-state index contributed by atoms with van der Waals surface area (Å²) in [4.78, 5) is 47.0. The van der Waals surface area contributed by atoms with Crippen molar-refractivity contribution in [2.45, 2.75) is 38.5 Å². The van der Waals surface area contributed by atoms with Crippen LogP contribution in [0.2, 0.25) is 0 Å². The fourth-order valence-electron chi connectivity index (χ4n) is 4.01. The van der Waals surface area contributed by atoms with Gasteiger partial charge in [0.05, 0.1) is 37.6 Å². The van der Waals surface area contributed by atoms with Crippen LogP contribution in [0.3, 0.4) is 0 Å². The molecule has 0 spiro atoms. The van der Waals surface area contributed by atoms with E-state index in [1.807, 2.05) is 0 Å². The Balaban J connectivity index is 1.47. The first-order valence-corrected chi connectivity index (χ1v) is 15.3. The van der Waals surface area contributed by atoms with E-state index in [0.29, 0.717) is 56.5 Å². The quantitative estimate of drug-likeness (QED) is 0.0400. The van der Waals surface area contributed by atoms with Gasteiger partial charge in [-0.15, -0.1) is 0 Å². The van der Waals surface area contributed by atoms with Crippen molar-refractivity contribution in [3.63, 3.8) is 0 Å². The number of benzene rings is 3. The summed E-state index contributed by atoms with van der Waals surface area (Å²) < 4.78 is 74.9. The molecule has 3 aromatic carbocycles. The Morgan fingerprint density at radius 2 is 1.00 bits per heavy atom. The maximum Gasteiger partial charge on any atom is 0.343 e. The third-order valence-corrected chi connectivity index (χ3v) is 6.60. The zero-order valence-corrected chi connectivity index (χ0v) is 26.6. The topological polar surface area (TPSA) is 124 Å². The van der Waals surface area contributed by atoms with Crippen molar-refractivity contribution >= 4 is 23.9 Å². The molecule has 260 valence electrons. The molecule has 0 radical (unpaired) electrons. The van der Waals surface area contributed by atoms with Crippen molar-refractivity contribution in [3.05, 3.63) is 108 Å². The molecule has 0 bridgehead atoms. The van der Waals surface area contributed by atoms with Gasteiger partial charge in [-0.2, -0.15) is 8.78 Å². The number of hydrogen-bond acceptors (Lipinski definition) is 10. The van der Waals surface area contributed by atoms with Crippen LogP contribution in [0.5, 0.6) is 23.0 Å². The van der Waals surface area contributed by atoms with E-state index >= 15 is 0 Å². The fraction of sp³-hybridized carbons (Fsp3) is 0.278. The monoisotopic (exact) mass is 684 g/mol. The second kappa shape index (κ2) is 19.9. The highest BCUT2D eigenvalue weighted by Gasteiger charge is 2.25. The predicted molar refractivity (Wildman–Crippen MR) is 170 cm³/mol. The molecule has 49 heavy (non-hydrogen) atoms. The number of rotatable bonds is 20. The summed E-state index contributed by atoms with van der Waals surface area (Å²) in [6, 6.07) is 11.5. The Morgan fingerprint density at radius 1 is 0.571 bits per heavy atom. The summed E-state index contributed by atoms with van der Waals surface area (Å²) in [5, 5.41) is 0. The number of unbranched alkanes of at least 4 members (excludes halogenated alkanes) is 4. The van der Waals surface area contributed by atoms with E-state index in [1.54, 1.807) is 0 Å². The largest absolute Gasteiger partial charge is 0.494 e. The molecule has 3 aromatic rings. The molecule has 0 heterocycles. The van der Waals surface area contributed by atoms with Crippen LogP contribution in [0.15, 0.2) is 79.9 Å². The Hall–Kier alpha value is -5.59. The highest BCUT2D eigenvalue weighted by molar-refractivity contribution is 5.92. The van der Waals surface area contributed by atoms with E-state index in [1.165, 1.54) is 48.5 Å². The summed E-state index contributed by atoms with van der Waals surface area (Å²) in [7, 11) is 0. The van der Waals surface area contributed by atoms with Crippen LogP contribution >= 0.6 is 0 Å². The molecule has 0 saturated heterocycles. The highest BCUT2D eigenvalue weighted by Crippen LogP contribution is 2.32. The summed E-state index contributed by atoms with van der Waals surface area (Å²) in [6.45, 7) is 7.89. The zero-order chi connectivity index (χ0) is 35.6. The Bertz CT molecular complexity index is 1600. The Kier molecular flexibility index (Phi) is 15.4. The summed E-state index contributed by atoms with van der Waals surface area (Å²) >= 11 is 0. The van der Waals surface area contributed by atoms with Gasteiger partial charge in [0, 0.05) is 18.2 Å². The molecule has 0 aromatic heterocycles. The van der Waals surface area contributed by atoms with Gasteiger partial charge in [0.15, 0.2) is 11.6 Å². The maximum absolute atomic E-state index is 14.8. The van der Waals surface area contributed by atoms with E-state index in [9.17, 15) is 32.3 Å². The highest BCUT2D eigenvalue weighted by atomic mass is 19.2. The van der Waals surface area contributed by atoms with Crippen LogP contribution in [0.4, 0.5) is 13.2 Å². The second-order valence-corrected chi connectivity index (χ2v) is 10.2. The second-order valence-electron chi connectivity index (χ2n) is 10.2. The van der Waals surface area contributed by atoms with Crippen molar-refractivity contribution < 1.29 is 60.8 Å². The molecule has 0 saturated carbocycles. The lowest BCUT2D eigenvalue weighted by Crippen LogP contribution is -2.14. The zero-order valence-electron chi connectivity index (χ0n) is 26.6. The van der Waals surface area contributed by atoms with Gasteiger partial charge < -0.3 is 28.4 Å². The smallest absolute Gasteiger partial charge is 0.343 e. The first-order valence-electron chi connectivity index (χ1n) is 15.3. The molecular formula is C36H35F3O10. The molecule has 0 unspecified atom stereocenters. The molecule has 10 nitrogen and oxygen atoms in total. The van der Waals surface area contributed by atoms with Gasteiger partial charge in [-0.3, -0.25) is 0 Å². The first-order chi connectivity index (χ1) is 23.6. The van der Waals surface area contributed by atoms with Gasteiger partial charge in [0.1, 0.15) is 11.5 Å². The van der Waals surface area contributed by atoms with Gasteiger partial charge in [-0.1, -0.05) is 13.2 Å². The molecular weight excluding hydrogens is 649 g/mol. The Morgan fingerprint density at radius 3 is 1.45 bits per heavy atom. The molecule has 3 rings (SSSR count). The van der Waals surface area contributed by atoms with Gasteiger partial charge in [0.2, 0.25) is 17.4 Å². The predicted octanol–water partition coefficient (Wildman–Crippen LogP) is 7.10. The van der Waals surface area contributed by atoms with Crippen LogP contribution in [0.1, 0.15) is 59.2 Å². The average Bonchev–Trinajstić information content (AvgIpc) is 3.11. The number of carbonyl (C=O) groups is 4. The molecule has 13 heteroatoms. The van der Waals surface area contributed by atoms with Crippen LogP contribution in [-0.4, -0.2) is 50.3 Å². The molecule has 0 aliphatic rings. The summed E-state index contributed by atoms with van der Waals surface area (Å²) in [6.07, 6.45) is 6.32. The fourth-order valence-corrected chi connectivity index (χ4v) is 4.01. The lowest BCUT2D eigenvalue weighted by atomic mass is 10.2. The van der Waals surface area contributed by atoms with Gasteiger partial charge >= 0.3 is 23.9 Å². The number of halogens is 3. The average molecular weight is 685 g/mol. The number of carbonyl (C=O) groups excluding carboxylic acids is 4. The molecule has 0 aliphatic heterocycles. The number of ether oxygens (including phenoxy) is 6. The molecule has 0 amide bonds. The van der Waals surface area contributed by atoms with Crippen molar-refractivity contribution in [2.75, 3.05) is 26.4 Å². The molecule has 0 fully saturated rings. The summed E-state index contributed by atoms with van der Waals surface area (Å²) in [5.74, 6) is -9.80. The Labute approximate surface area is 281 Å². The van der Waals surface area contributed by atoms with Crippen molar-refractivity contribution in [1.29, 1.82) is 0 Å². The van der Waals surface area contributed by atoms with E-state index < -0.39 is 52.8 Å². The van der Waals surface area contributed by atoms with Crippen LogP contribution < -0.4 is 18.9 Å². The van der Waals surface area contributed by atoms with E-state index in [-0.39, 0.29) is 24.3 Å². The minimum atomic E-state index is -1.86. The van der Waals surface area contributed by atoms with E-state index in [0.717, 1.165) is 25.0 Å². The maximum atomic E-state index is 14.8. The molecule has 0 N–H and O–H groups in total. The number of esters is 4. The SMILES string of the molecule is C=CC(=O)OCCCCCOc1ccc(C(=O)Oc2cc(F)c(OC(=O)c3ccc(OCCCCCOC(=O)C=C)cc3)c(F)c2F)cc1. The van der Waals surface area contributed by atoms with E-state index in [4.69, 9.17) is 28.4 Å².